The Balaban J connectivity index is 2.05. The molecule has 1 aliphatic rings. The summed E-state index contributed by atoms with van der Waals surface area (Å²) < 4.78 is 4.98. The molecule has 1 fully saturated rings. The second kappa shape index (κ2) is 4.83. The summed E-state index contributed by atoms with van der Waals surface area (Å²) in [5, 5.41) is 3.44. The number of rotatable bonds is 5. The average Bonchev–Trinajstić information content (AvgIpc) is 2.47. The number of hydrogen-bond donors (Lipinski definition) is 1. The molecule has 0 amide bonds. The Bertz CT molecular complexity index is 119. The van der Waals surface area contributed by atoms with Gasteiger partial charge in [-0.2, -0.15) is 0 Å². The predicted octanol–water partition coefficient (Wildman–Crippen LogP) is 1.80. The number of nitrogens with one attached hydrogen (secondary N) is 1. The molecule has 0 aromatic rings. The van der Waals surface area contributed by atoms with E-state index < -0.39 is 0 Å². The SMILES string of the molecule is COCCNCC1(C)CCCC1. The highest BCUT2D eigenvalue weighted by Crippen LogP contribution is 2.36. The van der Waals surface area contributed by atoms with Crippen LogP contribution in [0.2, 0.25) is 0 Å². The molecule has 0 spiro atoms. The van der Waals surface area contributed by atoms with E-state index in [2.05, 4.69) is 12.2 Å². The quantitative estimate of drug-likeness (QED) is 0.637. The minimum Gasteiger partial charge on any atom is -0.383 e. The normalized spacial score (nSPS) is 21.5. The Morgan fingerprint density at radius 1 is 1.33 bits per heavy atom. The maximum absolute atomic E-state index is 4.98. The first-order valence-corrected chi connectivity index (χ1v) is 4.96. The Kier molecular flexibility index (Phi) is 4.02. The monoisotopic (exact) mass is 171 g/mol. The van der Waals surface area contributed by atoms with Gasteiger partial charge in [-0.1, -0.05) is 19.8 Å². The van der Waals surface area contributed by atoms with Gasteiger partial charge in [0, 0.05) is 20.2 Å². The Hall–Kier alpha value is -0.0800. The lowest BCUT2D eigenvalue weighted by molar-refractivity contribution is 0.192. The van der Waals surface area contributed by atoms with Gasteiger partial charge in [-0.25, -0.2) is 0 Å². The third kappa shape index (κ3) is 3.11. The van der Waals surface area contributed by atoms with Crippen molar-refractivity contribution < 1.29 is 4.74 Å². The summed E-state index contributed by atoms with van der Waals surface area (Å²) >= 11 is 0. The second-order valence-electron chi connectivity index (χ2n) is 4.19. The van der Waals surface area contributed by atoms with E-state index in [1.165, 1.54) is 25.7 Å². The van der Waals surface area contributed by atoms with Crippen molar-refractivity contribution in [3.05, 3.63) is 0 Å². The lowest BCUT2D eigenvalue weighted by atomic mass is 9.89. The largest absolute Gasteiger partial charge is 0.383 e. The Labute approximate surface area is 75.7 Å². The van der Waals surface area contributed by atoms with Gasteiger partial charge < -0.3 is 10.1 Å². The van der Waals surface area contributed by atoms with Crippen LogP contribution in [0.4, 0.5) is 0 Å². The van der Waals surface area contributed by atoms with Gasteiger partial charge in [0.05, 0.1) is 6.61 Å². The fourth-order valence-electron chi connectivity index (χ4n) is 1.97. The molecule has 12 heavy (non-hydrogen) atoms. The maximum atomic E-state index is 4.98. The van der Waals surface area contributed by atoms with Crippen LogP contribution >= 0.6 is 0 Å². The Morgan fingerprint density at radius 2 is 2.00 bits per heavy atom. The number of ether oxygens (including phenoxy) is 1. The summed E-state index contributed by atoms with van der Waals surface area (Å²) in [5.41, 5.74) is 0.577. The van der Waals surface area contributed by atoms with Crippen LogP contribution in [0.3, 0.4) is 0 Å². The van der Waals surface area contributed by atoms with Crippen molar-refractivity contribution in [1.29, 1.82) is 0 Å². The second-order valence-corrected chi connectivity index (χ2v) is 4.19. The standard InChI is InChI=1S/C10H21NO/c1-10(5-3-4-6-10)9-11-7-8-12-2/h11H,3-9H2,1-2H3. The van der Waals surface area contributed by atoms with E-state index in [0.717, 1.165) is 19.7 Å². The highest BCUT2D eigenvalue weighted by atomic mass is 16.5. The van der Waals surface area contributed by atoms with Crippen LogP contribution in [0.5, 0.6) is 0 Å². The molecule has 0 atom stereocenters. The fourth-order valence-corrected chi connectivity index (χ4v) is 1.97. The van der Waals surface area contributed by atoms with Crippen molar-refractivity contribution in [2.45, 2.75) is 32.6 Å². The topological polar surface area (TPSA) is 21.3 Å². The molecule has 1 aliphatic carbocycles. The van der Waals surface area contributed by atoms with Gasteiger partial charge in [-0.05, 0) is 18.3 Å². The van der Waals surface area contributed by atoms with E-state index in [0.29, 0.717) is 5.41 Å². The summed E-state index contributed by atoms with van der Waals surface area (Å²) in [5.74, 6) is 0. The first-order valence-electron chi connectivity index (χ1n) is 4.96. The first-order chi connectivity index (χ1) is 5.77. The van der Waals surface area contributed by atoms with Crippen LogP contribution in [0.25, 0.3) is 0 Å². The lowest BCUT2D eigenvalue weighted by Gasteiger charge is -2.23. The van der Waals surface area contributed by atoms with Crippen LogP contribution in [-0.2, 0) is 4.74 Å². The molecule has 0 saturated heterocycles. The molecular formula is C10H21NO. The van der Waals surface area contributed by atoms with Crippen LogP contribution in [0, 0.1) is 5.41 Å². The van der Waals surface area contributed by atoms with E-state index in [9.17, 15) is 0 Å². The van der Waals surface area contributed by atoms with Gasteiger partial charge in [0.25, 0.3) is 0 Å². The summed E-state index contributed by atoms with van der Waals surface area (Å²) in [6, 6.07) is 0. The highest BCUT2D eigenvalue weighted by molar-refractivity contribution is 4.81. The molecule has 2 heteroatoms. The van der Waals surface area contributed by atoms with Gasteiger partial charge in [-0.15, -0.1) is 0 Å². The summed E-state index contributed by atoms with van der Waals surface area (Å²) in [7, 11) is 1.75. The van der Waals surface area contributed by atoms with E-state index in [4.69, 9.17) is 4.74 Å². The van der Waals surface area contributed by atoms with E-state index >= 15 is 0 Å². The highest BCUT2D eigenvalue weighted by Gasteiger charge is 2.27. The summed E-state index contributed by atoms with van der Waals surface area (Å²) in [4.78, 5) is 0. The number of hydrogen-bond acceptors (Lipinski definition) is 2. The van der Waals surface area contributed by atoms with E-state index in [1.54, 1.807) is 7.11 Å². The van der Waals surface area contributed by atoms with E-state index in [-0.39, 0.29) is 0 Å². The van der Waals surface area contributed by atoms with Crippen molar-refractivity contribution in [3.8, 4) is 0 Å². The zero-order valence-corrected chi connectivity index (χ0v) is 8.36. The zero-order valence-electron chi connectivity index (χ0n) is 8.36. The molecule has 1 rings (SSSR count). The molecule has 0 unspecified atom stereocenters. The van der Waals surface area contributed by atoms with Crippen molar-refractivity contribution in [2.24, 2.45) is 5.41 Å². The van der Waals surface area contributed by atoms with Gasteiger partial charge >= 0.3 is 0 Å². The van der Waals surface area contributed by atoms with Gasteiger partial charge in [0.1, 0.15) is 0 Å². The predicted molar refractivity (Wildman–Crippen MR) is 51.3 cm³/mol. The molecule has 0 bridgehead atoms. The van der Waals surface area contributed by atoms with Crippen LogP contribution in [0.1, 0.15) is 32.6 Å². The smallest absolute Gasteiger partial charge is 0.0587 e. The van der Waals surface area contributed by atoms with Crippen molar-refractivity contribution in [1.82, 2.24) is 5.32 Å². The molecular weight excluding hydrogens is 150 g/mol. The van der Waals surface area contributed by atoms with Crippen molar-refractivity contribution >= 4 is 0 Å². The molecule has 2 nitrogen and oxygen atoms in total. The van der Waals surface area contributed by atoms with Crippen LogP contribution in [0.15, 0.2) is 0 Å². The zero-order chi connectivity index (χ0) is 8.86. The third-order valence-corrected chi connectivity index (χ3v) is 2.85. The molecule has 72 valence electrons. The lowest BCUT2D eigenvalue weighted by Crippen LogP contribution is -2.31. The minimum atomic E-state index is 0.577. The summed E-state index contributed by atoms with van der Waals surface area (Å²) in [6.45, 7) is 5.37. The van der Waals surface area contributed by atoms with Crippen LogP contribution < -0.4 is 5.32 Å². The van der Waals surface area contributed by atoms with Gasteiger partial charge in [0.15, 0.2) is 0 Å². The molecule has 0 heterocycles. The van der Waals surface area contributed by atoms with Gasteiger partial charge in [-0.3, -0.25) is 0 Å². The molecule has 0 aromatic carbocycles. The molecule has 0 aliphatic heterocycles. The van der Waals surface area contributed by atoms with Crippen LogP contribution in [-0.4, -0.2) is 26.8 Å². The Morgan fingerprint density at radius 3 is 2.58 bits per heavy atom. The molecule has 0 radical (unpaired) electrons. The van der Waals surface area contributed by atoms with Crippen molar-refractivity contribution in [3.63, 3.8) is 0 Å². The van der Waals surface area contributed by atoms with E-state index in [1.807, 2.05) is 0 Å². The average molecular weight is 171 g/mol. The molecule has 1 saturated carbocycles. The molecule has 1 N–H and O–H groups in total. The maximum Gasteiger partial charge on any atom is 0.0587 e. The minimum absolute atomic E-state index is 0.577. The summed E-state index contributed by atoms with van der Waals surface area (Å²) in [6.07, 6.45) is 5.63. The number of methoxy groups -OCH3 is 1. The first kappa shape index (κ1) is 10.0. The van der Waals surface area contributed by atoms with Gasteiger partial charge in [0.2, 0.25) is 0 Å². The third-order valence-electron chi connectivity index (χ3n) is 2.85. The van der Waals surface area contributed by atoms with Crippen molar-refractivity contribution in [2.75, 3.05) is 26.8 Å². The molecule has 0 aromatic heterocycles. The fraction of sp³-hybridized carbons (Fsp3) is 1.00.